The zero-order chi connectivity index (χ0) is 11.7. The van der Waals surface area contributed by atoms with E-state index in [0.717, 1.165) is 17.7 Å². The normalized spacial score (nSPS) is 10.5. The van der Waals surface area contributed by atoms with Crippen LogP contribution in [0.2, 0.25) is 0 Å². The molecule has 4 heteroatoms. The fourth-order valence-corrected chi connectivity index (χ4v) is 1.40. The topological polar surface area (TPSA) is 12.9 Å². The Morgan fingerprint density at radius 2 is 1.62 bits per heavy atom. The third kappa shape index (κ3) is 1.91. The minimum Gasteiger partial charge on any atom is -0.256 e. The second kappa shape index (κ2) is 3.96. The lowest BCUT2D eigenvalue weighted by Crippen LogP contribution is -1.93. The Morgan fingerprint density at radius 3 is 2.19 bits per heavy atom. The molecule has 0 atom stereocenters. The molecule has 0 spiro atoms. The van der Waals surface area contributed by atoms with E-state index in [2.05, 4.69) is 4.98 Å². The van der Waals surface area contributed by atoms with Crippen molar-refractivity contribution in [2.24, 2.45) is 0 Å². The lowest BCUT2D eigenvalue weighted by atomic mass is 10.1. The Morgan fingerprint density at radius 1 is 1.00 bits per heavy atom. The Bertz CT molecular complexity index is 515. The van der Waals surface area contributed by atoms with Gasteiger partial charge in [0.2, 0.25) is 0 Å². The van der Waals surface area contributed by atoms with Crippen LogP contribution in [-0.4, -0.2) is 4.98 Å². The molecule has 0 bridgehead atoms. The first-order valence-corrected chi connectivity index (χ1v) is 4.65. The molecule has 1 aromatic carbocycles. The molecule has 1 nitrogen and oxygen atoms in total. The maximum absolute atomic E-state index is 13.0. The van der Waals surface area contributed by atoms with Crippen LogP contribution < -0.4 is 0 Å². The van der Waals surface area contributed by atoms with E-state index in [1.54, 1.807) is 12.1 Å². The highest BCUT2D eigenvalue weighted by Gasteiger charge is 2.12. The highest BCUT2D eigenvalue weighted by atomic mass is 19.2. The van der Waals surface area contributed by atoms with Crippen molar-refractivity contribution >= 4 is 0 Å². The molecule has 0 fully saturated rings. The summed E-state index contributed by atoms with van der Waals surface area (Å²) in [5, 5.41) is 0. The summed E-state index contributed by atoms with van der Waals surface area (Å²) in [4.78, 5) is 3.97. The van der Waals surface area contributed by atoms with Gasteiger partial charge in [0.15, 0.2) is 17.5 Å². The SMILES string of the molecule is Cc1ccnc(-c2cc(F)c(F)c(F)c2)c1. The number of halogens is 3. The van der Waals surface area contributed by atoms with Gasteiger partial charge in [-0.1, -0.05) is 0 Å². The fourth-order valence-electron chi connectivity index (χ4n) is 1.40. The lowest BCUT2D eigenvalue weighted by Gasteiger charge is -2.03. The molecule has 0 saturated heterocycles. The van der Waals surface area contributed by atoms with Gasteiger partial charge in [-0.2, -0.15) is 0 Å². The summed E-state index contributed by atoms with van der Waals surface area (Å²) in [7, 11) is 0. The van der Waals surface area contributed by atoms with Crippen molar-refractivity contribution in [1.29, 1.82) is 0 Å². The van der Waals surface area contributed by atoms with Crippen molar-refractivity contribution in [3.05, 3.63) is 53.5 Å². The third-order valence-electron chi connectivity index (χ3n) is 2.20. The van der Waals surface area contributed by atoms with E-state index in [9.17, 15) is 13.2 Å². The van der Waals surface area contributed by atoms with Crippen LogP contribution >= 0.6 is 0 Å². The van der Waals surface area contributed by atoms with Crippen molar-refractivity contribution in [2.75, 3.05) is 0 Å². The van der Waals surface area contributed by atoms with Crippen LogP contribution in [0.25, 0.3) is 11.3 Å². The second-order valence-electron chi connectivity index (χ2n) is 3.47. The molecule has 82 valence electrons. The predicted molar refractivity (Wildman–Crippen MR) is 54.3 cm³/mol. The molecule has 0 aliphatic heterocycles. The van der Waals surface area contributed by atoms with Gasteiger partial charge in [-0.05, 0) is 36.8 Å². The molecule has 0 radical (unpaired) electrons. The van der Waals surface area contributed by atoms with E-state index in [1.807, 2.05) is 6.92 Å². The predicted octanol–water partition coefficient (Wildman–Crippen LogP) is 3.47. The van der Waals surface area contributed by atoms with E-state index in [-0.39, 0.29) is 5.56 Å². The summed E-state index contributed by atoms with van der Waals surface area (Å²) in [6, 6.07) is 5.30. The first kappa shape index (κ1) is 10.7. The standard InChI is InChI=1S/C12H8F3N/c1-7-2-3-16-11(4-7)8-5-9(13)12(15)10(14)6-8/h2-6H,1H3. The summed E-state index contributed by atoms with van der Waals surface area (Å²) >= 11 is 0. The third-order valence-corrected chi connectivity index (χ3v) is 2.20. The number of benzene rings is 1. The van der Waals surface area contributed by atoms with Crippen molar-refractivity contribution in [2.45, 2.75) is 6.92 Å². The largest absolute Gasteiger partial charge is 0.256 e. The number of hydrogen-bond donors (Lipinski definition) is 0. The monoisotopic (exact) mass is 223 g/mol. The van der Waals surface area contributed by atoms with Gasteiger partial charge in [0.25, 0.3) is 0 Å². The zero-order valence-corrected chi connectivity index (χ0v) is 8.47. The maximum atomic E-state index is 13.0. The van der Waals surface area contributed by atoms with Crippen molar-refractivity contribution in [3.8, 4) is 11.3 Å². The lowest BCUT2D eigenvalue weighted by molar-refractivity contribution is 0.447. The average Bonchev–Trinajstić information content (AvgIpc) is 2.25. The van der Waals surface area contributed by atoms with Gasteiger partial charge >= 0.3 is 0 Å². The Hall–Kier alpha value is -1.84. The number of aromatic nitrogens is 1. The average molecular weight is 223 g/mol. The summed E-state index contributed by atoms with van der Waals surface area (Å²) < 4.78 is 38.7. The van der Waals surface area contributed by atoms with Gasteiger partial charge in [-0.3, -0.25) is 4.98 Å². The molecule has 2 rings (SSSR count). The van der Waals surface area contributed by atoms with E-state index < -0.39 is 17.5 Å². The van der Waals surface area contributed by atoms with Gasteiger partial charge < -0.3 is 0 Å². The number of aryl methyl sites for hydroxylation is 1. The van der Waals surface area contributed by atoms with Gasteiger partial charge in [-0.25, -0.2) is 13.2 Å². The van der Waals surface area contributed by atoms with Crippen LogP contribution in [0.15, 0.2) is 30.5 Å². The van der Waals surface area contributed by atoms with Crippen LogP contribution in [0.5, 0.6) is 0 Å². The van der Waals surface area contributed by atoms with Crippen LogP contribution in [0.1, 0.15) is 5.56 Å². The maximum Gasteiger partial charge on any atom is 0.194 e. The molecule has 16 heavy (non-hydrogen) atoms. The quantitative estimate of drug-likeness (QED) is 0.674. The molecular formula is C12H8F3N. The number of rotatable bonds is 1. The minimum atomic E-state index is -1.46. The first-order chi connectivity index (χ1) is 7.58. The molecule has 0 aliphatic rings. The minimum absolute atomic E-state index is 0.222. The summed E-state index contributed by atoms with van der Waals surface area (Å²) in [5.74, 6) is -3.88. The van der Waals surface area contributed by atoms with Gasteiger partial charge in [0.1, 0.15) is 0 Å². The van der Waals surface area contributed by atoms with Crippen molar-refractivity contribution < 1.29 is 13.2 Å². The van der Waals surface area contributed by atoms with E-state index >= 15 is 0 Å². The fraction of sp³-hybridized carbons (Fsp3) is 0.0833. The Labute approximate surface area is 90.6 Å². The van der Waals surface area contributed by atoms with Gasteiger partial charge in [0, 0.05) is 11.8 Å². The smallest absolute Gasteiger partial charge is 0.194 e. The Kier molecular flexibility index (Phi) is 2.64. The van der Waals surface area contributed by atoms with Crippen molar-refractivity contribution in [1.82, 2.24) is 4.98 Å². The summed E-state index contributed by atoms with van der Waals surface area (Å²) in [6.07, 6.45) is 1.53. The van der Waals surface area contributed by atoms with Gasteiger partial charge in [0.05, 0.1) is 5.69 Å². The molecule has 2 aromatic rings. The molecule has 0 amide bonds. The molecule has 0 aliphatic carbocycles. The van der Waals surface area contributed by atoms with E-state index in [0.29, 0.717) is 5.69 Å². The highest BCUT2D eigenvalue weighted by molar-refractivity contribution is 5.59. The first-order valence-electron chi connectivity index (χ1n) is 4.65. The molecule has 0 unspecified atom stereocenters. The zero-order valence-electron chi connectivity index (χ0n) is 8.47. The number of nitrogens with zero attached hydrogens (tertiary/aromatic N) is 1. The van der Waals surface area contributed by atoms with Crippen LogP contribution in [0, 0.1) is 24.4 Å². The molecule has 1 aromatic heterocycles. The summed E-state index contributed by atoms with van der Waals surface area (Å²) in [6.45, 7) is 1.83. The highest BCUT2D eigenvalue weighted by Crippen LogP contribution is 2.22. The van der Waals surface area contributed by atoms with Crippen LogP contribution in [-0.2, 0) is 0 Å². The molecule has 1 heterocycles. The van der Waals surface area contributed by atoms with E-state index in [1.165, 1.54) is 6.20 Å². The number of hydrogen-bond acceptors (Lipinski definition) is 1. The van der Waals surface area contributed by atoms with Crippen LogP contribution in [0.3, 0.4) is 0 Å². The van der Waals surface area contributed by atoms with Crippen molar-refractivity contribution in [3.63, 3.8) is 0 Å². The molecular weight excluding hydrogens is 215 g/mol. The molecule has 0 saturated carbocycles. The van der Waals surface area contributed by atoms with E-state index in [4.69, 9.17) is 0 Å². The second-order valence-corrected chi connectivity index (χ2v) is 3.47. The van der Waals surface area contributed by atoms with Gasteiger partial charge in [-0.15, -0.1) is 0 Å². The molecule has 0 N–H and O–H groups in total. The van der Waals surface area contributed by atoms with Crippen LogP contribution in [0.4, 0.5) is 13.2 Å². The Balaban J connectivity index is 2.57. The summed E-state index contributed by atoms with van der Waals surface area (Å²) in [5.41, 5.74) is 1.55. The number of pyridine rings is 1.